The van der Waals surface area contributed by atoms with Crippen LogP contribution in [0.25, 0.3) is 0 Å². The number of likely N-dealkylation sites (N-methyl/N-ethyl adjacent to an activating group) is 1. The molecule has 17 heavy (non-hydrogen) atoms. The first-order chi connectivity index (χ1) is 7.76. The second kappa shape index (κ2) is 6.72. The van der Waals surface area contributed by atoms with Gasteiger partial charge in [0.05, 0.1) is 0 Å². The maximum atomic E-state index is 11.2. The zero-order valence-corrected chi connectivity index (χ0v) is 10.5. The fourth-order valence-electron chi connectivity index (χ4n) is 0.849. The van der Waals surface area contributed by atoms with Gasteiger partial charge < -0.3 is 20.7 Å². The van der Waals surface area contributed by atoms with E-state index in [1.165, 1.54) is 7.05 Å². The molecule has 98 valence electrons. The normalized spacial score (nSPS) is 10.4. The summed E-state index contributed by atoms with van der Waals surface area (Å²) in [5.74, 6) is -1.46. The summed E-state index contributed by atoms with van der Waals surface area (Å²) >= 11 is 0. The lowest BCUT2D eigenvalue weighted by molar-refractivity contribution is -0.138. The zero-order chi connectivity index (χ0) is 13.5. The Kier molecular flexibility index (Phi) is 6.01. The van der Waals surface area contributed by atoms with Gasteiger partial charge in [0.2, 0.25) is 0 Å². The molecule has 0 aromatic heterocycles. The summed E-state index contributed by atoms with van der Waals surface area (Å²) in [7, 11) is 1.36. The molecule has 0 aliphatic heterocycles. The molecule has 0 aromatic carbocycles. The Bertz CT molecular complexity index is 296. The van der Waals surface area contributed by atoms with Gasteiger partial charge >= 0.3 is 17.9 Å². The van der Waals surface area contributed by atoms with Crippen molar-refractivity contribution in [2.24, 2.45) is 0 Å². The van der Waals surface area contributed by atoms with Gasteiger partial charge in [-0.1, -0.05) is 0 Å². The van der Waals surface area contributed by atoms with E-state index in [0.717, 1.165) is 0 Å². The molecule has 0 heterocycles. The lowest BCUT2D eigenvalue weighted by atomic mass is 10.2. The Morgan fingerprint density at radius 1 is 1.00 bits per heavy atom. The van der Waals surface area contributed by atoms with Gasteiger partial charge in [-0.3, -0.25) is 9.59 Å². The van der Waals surface area contributed by atoms with Gasteiger partial charge in [-0.2, -0.15) is 0 Å². The molecule has 7 heteroatoms. The second-order valence-corrected chi connectivity index (χ2v) is 4.26. The lowest BCUT2D eigenvalue weighted by Crippen LogP contribution is -2.42. The van der Waals surface area contributed by atoms with Crippen LogP contribution in [0.3, 0.4) is 0 Å². The average molecular weight is 245 g/mol. The Morgan fingerprint density at radius 3 is 2.00 bits per heavy atom. The van der Waals surface area contributed by atoms with E-state index in [-0.39, 0.29) is 13.1 Å². The molecule has 0 rings (SSSR count). The maximum Gasteiger partial charge on any atom is 0.407 e. The first-order valence-electron chi connectivity index (χ1n) is 5.23. The Hall–Kier alpha value is -1.79. The molecule has 0 radical (unpaired) electrons. The molecule has 0 atom stereocenters. The van der Waals surface area contributed by atoms with E-state index in [1.807, 2.05) is 0 Å². The van der Waals surface area contributed by atoms with E-state index in [0.29, 0.717) is 0 Å². The molecule has 0 bridgehead atoms. The first-order valence-corrected chi connectivity index (χ1v) is 5.23. The van der Waals surface area contributed by atoms with E-state index in [2.05, 4.69) is 16.0 Å². The summed E-state index contributed by atoms with van der Waals surface area (Å²) < 4.78 is 4.97. The molecular formula is C10H19N3O4. The highest BCUT2D eigenvalue weighted by Crippen LogP contribution is 2.05. The number of amides is 3. The van der Waals surface area contributed by atoms with Crippen molar-refractivity contribution < 1.29 is 19.1 Å². The summed E-state index contributed by atoms with van der Waals surface area (Å²) in [6.45, 7) is 5.60. The fraction of sp³-hybridized carbons (Fsp3) is 0.700. The minimum absolute atomic E-state index is 0.158. The number of hydrogen-bond donors (Lipinski definition) is 3. The Labute approximate surface area is 100 Å². The zero-order valence-electron chi connectivity index (χ0n) is 10.5. The molecule has 0 aliphatic carbocycles. The summed E-state index contributed by atoms with van der Waals surface area (Å²) in [4.78, 5) is 32.9. The van der Waals surface area contributed by atoms with Gasteiger partial charge in [0.15, 0.2) is 0 Å². The highest BCUT2D eigenvalue weighted by atomic mass is 16.6. The van der Waals surface area contributed by atoms with Crippen molar-refractivity contribution in [3.8, 4) is 0 Å². The molecule has 3 amide bonds. The highest BCUT2D eigenvalue weighted by Gasteiger charge is 2.15. The largest absolute Gasteiger partial charge is 0.444 e. The third-order valence-electron chi connectivity index (χ3n) is 1.51. The quantitative estimate of drug-likeness (QED) is 0.456. The van der Waals surface area contributed by atoms with E-state index in [9.17, 15) is 14.4 Å². The van der Waals surface area contributed by atoms with Crippen LogP contribution in [0, 0.1) is 0 Å². The topological polar surface area (TPSA) is 96.5 Å². The third kappa shape index (κ3) is 8.06. The number of carbonyl (C=O) groups is 3. The SMILES string of the molecule is CNC(=O)C(=O)NCCNC(=O)OC(C)(C)C. The monoisotopic (exact) mass is 245 g/mol. The van der Waals surface area contributed by atoms with Gasteiger partial charge in [-0.05, 0) is 20.8 Å². The molecular weight excluding hydrogens is 226 g/mol. The van der Waals surface area contributed by atoms with Gasteiger partial charge in [0, 0.05) is 20.1 Å². The van der Waals surface area contributed by atoms with Crippen LogP contribution in [-0.4, -0.2) is 43.6 Å². The first kappa shape index (κ1) is 15.2. The van der Waals surface area contributed by atoms with Crippen LogP contribution < -0.4 is 16.0 Å². The molecule has 0 aromatic rings. The van der Waals surface area contributed by atoms with Crippen molar-refractivity contribution >= 4 is 17.9 Å². The number of alkyl carbamates (subject to hydrolysis) is 1. The summed E-state index contributed by atoms with van der Waals surface area (Å²) in [6, 6.07) is 0. The van der Waals surface area contributed by atoms with E-state index < -0.39 is 23.5 Å². The molecule has 0 unspecified atom stereocenters. The minimum atomic E-state index is -0.738. The number of hydrogen-bond acceptors (Lipinski definition) is 4. The van der Waals surface area contributed by atoms with E-state index in [4.69, 9.17) is 4.74 Å². The molecule has 0 saturated carbocycles. The molecule has 3 N–H and O–H groups in total. The minimum Gasteiger partial charge on any atom is -0.444 e. The highest BCUT2D eigenvalue weighted by molar-refractivity contribution is 6.34. The summed E-state index contributed by atoms with van der Waals surface area (Å²) in [6.07, 6.45) is -0.563. The number of carbonyl (C=O) groups excluding carboxylic acids is 3. The van der Waals surface area contributed by atoms with Crippen LogP contribution in [0.15, 0.2) is 0 Å². The Balaban J connectivity index is 3.69. The molecule has 0 saturated heterocycles. The van der Waals surface area contributed by atoms with Crippen LogP contribution in [0.4, 0.5) is 4.79 Å². The number of rotatable bonds is 3. The van der Waals surface area contributed by atoms with Crippen LogP contribution in [-0.2, 0) is 14.3 Å². The van der Waals surface area contributed by atoms with Crippen LogP contribution in [0.2, 0.25) is 0 Å². The van der Waals surface area contributed by atoms with Crippen LogP contribution in [0.5, 0.6) is 0 Å². The summed E-state index contributed by atoms with van der Waals surface area (Å²) in [5.41, 5.74) is -0.560. The standard InChI is InChI=1S/C10H19N3O4/c1-10(2,3)17-9(16)13-6-5-12-8(15)7(14)11-4/h5-6H2,1-4H3,(H,11,14)(H,12,15)(H,13,16). The Morgan fingerprint density at radius 2 is 1.53 bits per heavy atom. The van der Waals surface area contributed by atoms with Crippen molar-refractivity contribution in [3.05, 3.63) is 0 Å². The smallest absolute Gasteiger partial charge is 0.407 e. The van der Waals surface area contributed by atoms with Crippen LogP contribution in [0.1, 0.15) is 20.8 Å². The molecule has 0 aliphatic rings. The van der Waals surface area contributed by atoms with Gasteiger partial charge in [0.25, 0.3) is 0 Å². The summed E-state index contributed by atoms with van der Waals surface area (Å²) in [5, 5.41) is 6.96. The molecule has 7 nitrogen and oxygen atoms in total. The van der Waals surface area contributed by atoms with Crippen molar-refractivity contribution in [2.45, 2.75) is 26.4 Å². The van der Waals surface area contributed by atoms with Gasteiger partial charge in [0.1, 0.15) is 5.60 Å². The van der Waals surface area contributed by atoms with Crippen molar-refractivity contribution in [2.75, 3.05) is 20.1 Å². The second-order valence-electron chi connectivity index (χ2n) is 4.26. The van der Waals surface area contributed by atoms with Gasteiger partial charge in [-0.25, -0.2) is 4.79 Å². The lowest BCUT2D eigenvalue weighted by Gasteiger charge is -2.19. The predicted octanol–water partition coefficient (Wildman–Crippen LogP) is -0.627. The number of ether oxygens (including phenoxy) is 1. The van der Waals surface area contributed by atoms with Crippen molar-refractivity contribution in [1.82, 2.24) is 16.0 Å². The maximum absolute atomic E-state index is 11.2. The van der Waals surface area contributed by atoms with Crippen molar-refractivity contribution in [3.63, 3.8) is 0 Å². The van der Waals surface area contributed by atoms with E-state index >= 15 is 0 Å². The molecule has 0 fully saturated rings. The third-order valence-corrected chi connectivity index (χ3v) is 1.51. The average Bonchev–Trinajstić information content (AvgIpc) is 2.20. The predicted molar refractivity (Wildman–Crippen MR) is 61.3 cm³/mol. The van der Waals surface area contributed by atoms with E-state index in [1.54, 1.807) is 20.8 Å². The number of nitrogens with one attached hydrogen (secondary N) is 3. The fourth-order valence-corrected chi connectivity index (χ4v) is 0.849. The van der Waals surface area contributed by atoms with Crippen molar-refractivity contribution in [1.29, 1.82) is 0 Å². The van der Waals surface area contributed by atoms with Gasteiger partial charge in [-0.15, -0.1) is 0 Å². The van der Waals surface area contributed by atoms with Crippen LogP contribution >= 0.6 is 0 Å². The molecule has 0 spiro atoms.